The van der Waals surface area contributed by atoms with Crippen molar-refractivity contribution in [1.82, 2.24) is 0 Å². The van der Waals surface area contributed by atoms with Crippen molar-refractivity contribution in [2.45, 2.75) is 72.1 Å². The van der Waals surface area contributed by atoms with E-state index in [2.05, 4.69) is 94.9 Å². The first-order valence-corrected chi connectivity index (χ1v) is 11.9. The molecule has 158 valence electrons. The average Bonchev–Trinajstić information content (AvgIpc) is 3.23. The number of nitrogens with zero attached hydrogens (tertiary/aromatic N) is 1. The van der Waals surface area contributed by atoms with Gasteiger partial charge in [0.15, 0.2) is 6.20 Å². The van der Waals surface area contributed by atoms with Gasteiger partial charge in [-0.25, -0.2) is 4.57 Å². The van der Waals surface area contributed by atoms with Gasteiger partial charge in [0.2, 0.25) is 5.69 Å². The highest BCUT2D eigenvalue weighted by molar-refractivity contribution is 5.94. The highest BCUT2D eigenvalue weighted by atomic mass is 14.9. The molecule has 1 heteroatoms. The maximum Gasteiger partial charge on any atom is 0.220 e. The van der Waals surface area contributed by atoms with Crippen LogP contribution in [0.15, 0.2) is 48.7 Å². The predicted octanol–water partition coefficient (Wildman–Crippen LogP) is 7.69. The third kappa shape index (κ3) is 3.92. The first kappa shape index (κ1) is 21.1. The highest BCUT2D eigenvalue weighted by Gasteiger charge is 2.24. The summed E-state index contributed by atoms with van der Waals surface area (Å²) >= 11 is 0. The van der Waals surface area contributed by atoms with Crippen LogP contribution in [0.3, 0.4) is 0 Å². The van der Waals surface area contributed by atoms with Crippen LogP contribution >= 0.6 is 0 Å². The number of aryl methyl sites for hydroxylation is 2. The van der Waals surface area contributed by atoms with Crippen molar-refractivity contribution in [2.75, 3.05) is 0 Å². The fourth-order valence-electron chi connectivity index (χ4n) is 5.88. The molecule has 4 rings (SSSR count). The Balaban J connectivity index is 1.85. The lowest BCUT2D eigenvalue weighted by Gasteiger charge is -2.25. The van der Waals surface area contributed by atoms with Gasteiger partial charge in [0.05, 0.1) is 5.39 Å². The molecule has 2 aromatic carbocycles. The Morgan fingerprint density at radius 2 is 1.57 bits per heavy atom. The second-order valence-electron chi connectivity index (χ2n) is 10.2. The second-order valence-corrected chi connectivity index (χ2v) is 10.2. The van der Waals surface area contributed by atoms with Gasteiger partial charge in [0.1, 0.15) is 7.05 Å². The lowest BCUT2D eigenvalue weighted by atomic mass is 9.79. The van der Waals surface area contributed by atoms with E-state index in [9.17, 15) is 0 Å². The van der Waals surface area contributed by atoms with E-state index >= 15 is 0 Å². The van der Waals surface area contributed by atoms with Crippen LogP contribution in [0.25, 0.3) is 22.0 Å². The van der Waals surface area contributed by atoms with Gasteiger partial charge >= 0.3 is 0 Å². The Bertz CT molecular complexity index is 1030. The molecule has 1 aliphatic rings. The lowest BCUT2D eigenvalue weighted by Crippen LogP contribution is -2.30. The predicted molar refractivity (Wildman–Crippen MR) is 129 cm³/mol. The molecule has 0 unspecified atom stereocenters. The van der Waals surface area contributed by atoms with E-state index in [1.54, 1.807) is 0 Å². The molecule has 0 bridgehead atoms. The molecule has 1 saturated carbocycles. The molecular formula is C29H38N+. The Morgan fingerprint density at radius 1 is 0.867 bits per heavy atom. The summed E-state index contributed by atoms with van der Waals surface area (Å²) in [4.78, 5) is 0. The summed E-state index contributed by atoms with van der Waals surface area (Å²) in [5.41, 5.74) is 7.11. The highest BCUT2D eigenvalue weighted by Crippen LogP contribution is 2.38. The smallest absolute Gasteiger partial charge is 0.200 e. The number of hydrogen-bond acceptors (Lipinski definition) is 0. The van der Waals surface area contributed by atoms with Gasteiger partial charge in [-0.05, 0) is 77.6 Å². The van der Waals surface area contributed by atoms with Gasteiger partial charge in [0, 0.05) is 11.6 Å². The van der Waals surface area contributed by atoms with Crippen LogP contribution in [0.5, 0.6) is 0 Å². The molecule has 30 heavy (non-hydrogen) atoms. The second kappa shape index (κ2) is 8.53. The molecule has 0 N–H and O–H groups in total. The summed E-state index contributed by atoms with van der Waals surface area (Å²) in [6.07, 6.45) is 7.69. The molecule has 0 aliphatic heterocycles. The Hall–Kier alpha value is -2.15. The molecule has 1 aromatic heterocycles. The minimum absolute atomic E-state index is 0.597. The van der Waals surface area contributed by atoms with Crippen LogP contribution in [0.1, 0.15) is 81.9 Å². The molecule has 1 aliphatic carbocycles. The van der Waals surface area contributed by atoms with E-state index in [1.165, 1.54) is 64.4 Å². The topological polar surface area (TPSA) is 3.88 Å². The van der Waals surface area contributed by atoms with E-state index in [-0.39, 0.29) is 0 Å². The van der Waals surface area contributed by atoms with Gasteiger partial charge < -0.3 is 0 Å². The molecule has 0 spiro atoms. The fraction of sp³-hybridized carbons (Fsp3) is 0.483. The summed E-state index contributed by atoms with van der Waals surface area (Å²) in [6, 6.07) is 16.7. The lowest BCUT2D eigenvalue weighted by molar-refractivity contribution is -0.659. The fourth-order valence-corrected chi connectivity index (χ4v) is 5.88. The van der Waals surface area contributed by atoms with Gasteiger partial charge in [-0.15, -0.1) is 0 Å². The van der Waals surface area contributed by atoms with E-state index < -0.39 is 0 Å². The number of fused-ring (bicyclic) bond motifs is 1. The maximum absolute atomic E-state index is 2.49. The normalized spacial score (nSPS) is 15.2. The van der Waals surface area contributed by atoms with Crippen LogP contribution in [0.4, 0.5) is 0 Å². The van der Waals surface area contributed by atoms with Gasteiger partial charge in [-0.2, -0.15) is 0 Å². The summed E-state index contributed by atoms with van der Waals surface area (Å²) in [5, 5.41) is 2.72. The molecule has 1 fully saturated rings. The zero-order valence-corrected chi connectivity index (χ0v) is 19.7. The van der Waals surface area contributed by atoms with Crippen molar-refractivity contribution in [1.29, 1.82) is 0 Å². The van der Waals surface area contributed by atoms with Crippen molar-refractivity contribution in [3.05, 3.63) is 65.4 Å². The van der Waals surface area contributed by atoms with Crippen molar-refractivity contribution < 1.29 is 4.57 Å². The van der Waals surface area contributed by atoms with Crippen molar-refractivity contribution in [3.8, 4) is 11.3 Å². The molecule has 0 atom stereocenters. The van der Waals surface area contributed by atoms with Crippen LogP contribution in [0, 0.1) is 18.8 Å². The molecule has 0 amide bonds. The van der Waals surface area contributed by atoms with Crippen LogP contribution < -0.4 is 4.57 Å². The Labute approximate surface area is 183 Å². The molecule has 0 radical (unpaired) electrons. The zero-order valence-electron chi connectivity index (χ0n) is 19.7. The molecule has 0 saturated heterocycles. The minimum Gasteiger partial charge on any atom is -0.200 e. The number of rotatable bonds is 5. The van der Waals surface area contributed by atoms with Crippen molar-refractivity contribution in [3.63, 3.8) is 0 Å². The zero-order chi connectivity index (χ0) is 21.4. The SMILES string of the molecule is Cc1ccc(C2CCCC2)cc1-c1c2ccc(C(C(C)C)C(C)C)cc2cc[n+]1C. The first-order valence-electron chi connectivity index (χ1n) is 11.9. The van der Waals surface area contributed by atoms with Gasteiger partial charge in [-0.1, -0.05) is 64.8 Å². The van der Waals surface area contributed by atoms with E-state index in [4.69, 9.17) is 0 Å². The van der Waals surface area contributed by atoms with E-state index in [1.807, 2.05) is 0 Å². The third-order valence-electron chi connectivity index (χ3n) is 7.33. The number of pyridine rings is 1. The summed E-state index contributed by atoms with van der Waals surface area (Å²) < 4.78 is 2.31. The minimum atomic E-state index is 0.597. The van der Waals surface area contributed by atoms with E-state index in [0.717, 1.165) is 5.92 Å². The van der Waals surface area contributed by atoms with Crippen LogP contribution in [-0.4, -0.2) is 0 Å². The largest absolute Gasteiger partial charge is 0.220 e. The molecule has 3 aromatic rings. The van der Waals surface area contributed by atoms with Gasteiger partial charge in [-0.3, -0.25) is 0 Å². The average molecular weight is 401 g/mol. The molecule has 1 heterocycles. The van der Waals surface area contributed by atoms with Crippen molar-refractivity contribution >= 4 is 10.8 Å². The first-order chi connectivity index (χ1) is 14.4. The van der Waals surface area contributed by atoms with Crippen LogP contribution in [-0.2, 0) is 7.05 Å². The third-order valence-corrected chi connectivity index (χ3v) is 7.33. The maximum atomic E-state index is 2.49. The van der Waals surface area contributed by atoms with Crippen molar-refractivity contribution in [2.24, 2.45) is 18.9 Å². The standard InChI is InChI=1S/C29H38N/c1-19(2)28(20(3)4)25-13-14-26-24(17-25)15-16-30(6)29(26)27-18-23(12-11-21(27)5)22-9-7-8-10-22/h11-20,22,28H,7-10H2,1-6H3/q+1. The monoisotopic (exact) mass is 400 g/mol. The summed E-state index contributed by atoms with van der Waals surface area (Å²) in [6.45, 7) is 11.7. The Kier molecular flexibility index (Phi) is 6.00. The summed E-state index contributed by atoms with van der Waals surface area (Å²) in [5.74, 6) is 2.63. The van der Waals surface area contributed by atoms with Crippen LogP contribution in [0.2, 0.25) is 0 Å². The molecular weight excluding hydrogens is 362 g/mol. The van der Waals surface area contributed by atoms with E-state index in [0.29, 0.717) is 17.8 Å². The quantitative estimate of drug-likeness (QED) is 0.386. The number of hydrogen-bond donors (Lipinski definition) is 0. The van der Waals surface area contributed by atoms with Gasteiger partial charge in [0.25, 0.3) is 0 Å². The Morgan fingerprint density at radius 3 is 2.23 bits per heavy atom. The number of benzene rings is 2. The summed E-state index contributed by atoms with van der Waals surface area (Å²) in [7, 11) is 2.19. The molecule has 1 nitrogen and oxygen atoms in total. The number of aromatic nitrogens is 1.